The van der Waals surface area contributed by atoms with E-state index >= 15 is 0 Å². The fourth-order valence-corrected chi connectivity index (χ4v) is 4.48. The normalized spacial score (nSPS) is 17.5. The van der Waals surface area contributed by atoms with Crippen molar-refractivity contribution in [1.82, 2.24) is 4.72 Å². The smallest absolute Gasteiger partial charge is 0.264 e. The molecule has 0 fully saturated rings. The van der Waals surface area contributed by atoms with E-state index in [0.29, 0.717) is 28.4 Å². The van der Waals surface area contributed by atoms with E-state index in [4.69, 9.17) is 4.74 Å². The molecule has 5 nitrogen and oxygen atoms in total. The summed E-state index contributed by atoms with van der Waals surface area (Å²) in [6, 6.07) is 13.2. The first-order chi connectivity index (χ1) is 12.3. The van der Waals surface area contributed by atoms with Crippen molar-refractivity contribution in [1.29, 1.82) is 0 Å². The van der Waals surface area contributed by atoms with Crippen LogP contribution in [0.5, 0.6) is 5.75 Å². The Bertz CT molecular complexity index is 1020. The largest absolute Gasteiger partial charge is 0.496 e. The summed E-state index contributed by atoms with van der Waals surface area (Å²) in [5.74, 6) is 1.11. The number of rotatable bonds is 4. The van der Waals surface area contributed by atoms with Gasteiger partial charge in [0.15, 0.2) is 0 Å². The molecule has 0 unspecified atom stereocenters. The van der Waals surface area contributed by atoms with Crippen molar-refractivity contribution in [3.8, 4) is 5.75 Å². The van der Waals surface area contributed by atoms with Gasteiger partial charge in [0.25, 0.3) is 10.0 Å². The van der Waals surface area contributed by atoms with Crippen molar-refractivity contribution in [2.75, 3.05) is 7.11 Å². The van der Waals surface area contributed by atoms with Gasteiger partial charge in [0.2, 0.25) is 0 Å². The first kappa shape index (κ1) is 18.2. The standard InChI is InChI=1S/C20H22N2O3S/c1-13-9-10-16(11-14(13)2)19-15(3)20(22-26(19,23)24)21-12-17-7-5-6-8-18(17)25-4/h5-11H,12H2,1-4H3,(H,21,22). The van der Waals surface area contributed by atoms with Gasteiger partial charge in [-0.2, -0.15) is 0 Å². The van der Waals surface area contributed by atoms with E-state index in [1.165, 1.54) is 0 Å². The second-order valence-electron chi connectivity index (χ2n) is 6.34. The van der Waals surface area contributed by atoms with Crippen LogP contribution in [0.15, 0.2) is 53.0 Å². The molecule has 0 aliphatic carbocycles. The van der Waals surface area contributed by atoms with Gasteiger partial charge in [0.1, 0.15) is 16.5 Å². The van der Waals surface area contributed by atoms with Gasteiger partial charge in [-0.25, -0.2) is 8.42 Å². The Kier molecular flexibility index (Phi) is 4.87. The molecule has 0 amide bonds. The van der Waals surface area contributed by atoms with E-state index < -0.39 is 10.0 Å². The Hall–Kier alpha value is -2.60. The van der Waals surface area contributed by atoms with E-state index in [9.17, 15) is 8.42 Å². The number of methoxy groups -OCH3 is 1. The third-order valence-electron chi connectivity index (χ3n) is 4.56. The average molecular weight is 370 g/mol. The molecule has 1 N–H and O–H groups in total. The molecule has 0 atom stereocenters. The summed E-state index contributed by atoms with van der Waals surface area (Å²) in [4.78, 5) is 4.77. The van der Waals surface area contributed by atoms with Crippen molar-refractivity contribution in [3.05, 3.63) is 70.3 Å². The molecule has 0 radical (unpaired) electrons. The Morgan fingerprint density at radius 3 is 2.46 bits per heavy atom. The van der Waals surface area contributed by atoms with Crippen LogP contribution in [0.3, 0.4) is 0 Å². The number of nitrogens with zero attached hydrogens (tertiary/aromatic N) is 1. The molecule has 0 saturated heterocycles. The lowest BCUT2D eigenvalue weighted by molar-refractivity contribution is 0.410. The van der Waals surface area contributed by atoms with Crippen LogP contribution >= 0.6 is 0 Å². The van der Waals surface area contributed by atoms with Crippen molar-refractivity contribution in [2.45, 2.75) is 27.3 Å². The zero-order valence-electron chi connectivity index (χ0n) is 15.3. The predicted octanol–water partition coefficient (Wildman–Crippen LogP) is 3.57. The van der Waals surface area contributed by atoms with Gasteiger partial charge in [-0.15, -0.1) is 0 Å². The number of benzene rings is 2. The van der Waals surface area contributed by atoms with Crippen LogP contribution in [0.25, 0.3) is 4.91 Å². The number of aryl methyl sites for hydroxylation is 2. The lowest BCUT2D eigenvalue weighted by Gasteiger charge is -2.06. The molecule has 6 heteroatoms. The molecule has 0 aromatic heterocycles. The molecule has 1 aliphatic heterocycles. The monoisotopic (exact) mass is 370 g/mol. The molecule has 3 rings (SSSR count). The fraction of sp³-hybridized carbons (Fsp3) is 0.250. The predicted molar refractivity (Wildman–Crippen MR) is 105 cm³/mol. The highest BCUT2D eigenvalue weighted by atomic mass is 32.2. The number of ether oxygens (including phenoxy) is 1. The molecule has 0 saturated carbocycles. The SMILES string of the molecule is COc1ccccc1CN=C1NS(=O)(=O)C(c2ccc(C)c(C)c2)=C1C. The van der Waals surface area contributed by atoms with Crippen LogP contribution < -0.4 is 9.46 Å². The van der Waals surface area contributed by atoms with E-state index in [1.807, 2.05) is 56.3 Å². The molecule has 2 aromatic carbocycles. The zero-order chi connectivity index (χ0) is 18.9. The van der Waals surface area contributed by atoms with E-state index in [1.54, 1.807) is 14.0 Å². The first-order valence-corrected chi connectivity index (χ1v) is 9.80. The summed E-state index contributed by atoms with van der Waals surface area (Å²) in [6.07, 6.45) is 0. The molecular weight excluding hydrogens is 348 g/mol. The van der Waals surface area contributed by atoms with Crippen LogP contribution in [-0.2, 0) is 16.6 Å². The highest BCUT2D eigenvalue weighted by Gasteiger charge is 2.32. The van der Waals surface area contributed by atoms with Gasteiger partial charge in [-0.3, -0.25) is 9.71 Å². The quantitative estimate of drug-likeness (QED) is 0.894. The van der Waals surface area contributed by atoms with Crippen LogP contribution in [-0.4, -0.2) is 21.4 Å². The van der Waals surface area contributed by atoms with Gasteiger partial charge in [0, 0.05) is 11.1 Å². The molecule has 136 valence electrons. The highest BCUT2D eigenvalue weighted by Crippen LogP contribution is 2.31. The van der Waals surface area contributed by atoms with Crippen LogP contribution in [0.1, 0.15) is 29.2 Å². The lowest BCUT2D eigenvalue weighted by Crippen LogP contribution is -2.23. The molecule has 1 heterocycles. The second kappa shape index (κ2) is 6.96. The zero-order valence-corrected chi connectivity index (χ0v) is 16.1. The third kappa shape index (κ3) is 3.37. The second-order valence-corrected chi connectivity index (χ2v) is 7.95. The average Bonchev–Trinajstić information content (AvgIpc) is 2.84. The van der Waals surface area contributed by atoms with Crippen LogP contribution in [0.4, 0.5) is 0 Å². The molecule has 0 spiro atoms. The minimum Gasteiger partial charge on any atom is -0.496 e. The maximum absolute atomic E-state index is 12.6. The summed E-state index contributed by atoms with van der Waals surface area (Å²) in [5, 5.41) is 0. The van der Waals surface area contributed by atoms with E-state index in [-0.39, 0.29) is 0 Å². The third-order valence-corrected chi connectivity index (χ3v) is 6.11. The highest BCUT2D eigenvalue weighted by molar-refractivity contribution is 8.00. The number of hydrogen-bond donors (Lipinski definition) is 1. The fourth-order valence-electron chi connectivity index (χ4n) is 2.97. The van der Waals surface area contributed by atoms with Gasteiger partial charge >= 0.3 is 0 Å². The van der Waals surface area contributed by atoms with Gasteiger partial charge in [-0.05, 0) is 43.5 Å². The topological polar surface area (TPSA) is 67.8 Å². The minimum absolute atomic E-state index is 0.291. The summed E-state index contributed by atoms with van der Waals surface area (Å²) < 4.78 is 33.2. The van der Waals surface area contributed by atoms with Crippen molar-refractivity contribution < 1.29 is 13.2 Å². The Balaban J connectivity index is 2.00. The molecule has 0 bridgehead atoms. The minimum atomic E-state index is -3.62. The number of nitrogens with one attached hydrogen (secondary N) is 1. The van der Waals surface area contributed by atoms with Crippen LogP contribution in [0.2, 0.25) is 0 Å². The molecule has 1 aliphatic rings. The lowest BCUT2D eigenvalue weighted by atomic mass is 10.0. The Morgan fingerprint density at radius 2 is 1.77 bits per heavy atom. The van der Waals surface area contributed by atoms with Crippen molar-refractivity contribution in [2.24, 2.45) is 4.99 Å². The number of para-hydroxylation sites is 1. The number of aliphatic imine (C=N–C) groups is 1. The van der Waals surface area contributed by atoms with E-state index in [2.05, 4.69) is 9.71 Å². The summed E-state index contributed by atoms with van der Waals surface area (Å²) in [7, 11) is -2.02. The van der Waals surface area contributed by atoms with Crippen molar-refractivity contribution in [3.63, 3.8) is 0 Å². The summed E-state index contributed by atoms with van der Waals surface area (Å²) in [6.45, 7) is 6.09. The maximum Gasteiger partial charge on any atom is 0.264 e. The number of sulfonamides is 1. The van der Waals surface area contributed by atoms with Gasteiger partial charge < -0.3 is 4.74 Å². The summed E-state index contributed by atoms with van der Waals surface area (Å²) >= 11 is 0. The Labute approximate surface area is 154 Å². The molecule has 26 heavy (non-hydrogen) atoms. The first-order valence-electron chi connectivity index (χ1n) is 8.31. The van der Waals surface area contributed by atoms with Crippen molar-refractivity contribution >= 4 is 20.8 Å². The maximum atomic E-state index is 12.6. The molecule has 2 aromatic rings. The van der Waals surface area contributed by atoms with Gasteiger partial charge in [0.05, 0.1) is 13.7 Å². The van der Waals surface area contributed by atoms with E-state index in [0.717, 1.165) is 22.4 Å². The van der Waals surface area contributed by atoms with Gasteiger partial charge in [-0.1, -0.05) is 36.4 Å². The Morgan fingerprint density at radius 1 is 1.04 bits per heavy atom. The number of amidine groups is 1. The molecular formula is C20H22N2O3S. The number of hydrogen-bond acceptors (Lipinski definition) is 4. The summed E-state index contributed by atoms with van der Waals surface area (Å²) in [5.41, 5.74) is 4.38. The van der Waals surface area contributed by atoms with Crippen LogP contribution in [0, 0.1) is 13.8 Å².